The van der Waals surface area contributed by atoms with Crippen LogP contribution in [0.15, 0.2) is 29.6 Å². The Morgan fingerprint density at radius 1 is 1.21 bits per heavy atom. The number of hydrogen-bond donors (Lipinski definition) is 1. The van der Waals surface area contributed by atoms with E-state index in [2.05, 4.69) is 31.0 Å². The van der Waals surface area contributed by atoms with Crippen LogP contribution in [0.1, 0.15) is 42.7 Å². The fourth-order valence-electron chi connectivity index (χ4n) is 2.28. The van der Waals surface area contributed by atoms with Crippen LogP contribution in [0.5, 0.6) is 0 Å². The molecule has 1 aromatic heterocycles. The Morgan fingerprint density at radius 3 is 2.38 bits per heavy atom. The molecule has 1 heterocycles. The zero-order valence-corrected chi connectivity index (χ0v) is 15.1. The predicted octanol–water partition coefficient (Wildman–Crippen LogP) is 3.73. The van der Waals surface area contributed by atoms with Crippen molar-refractivity contribution in [3.05, 3.63) is 40.9 Å². The first-order chi connectivity index (χ1) is 11.3. The Bertz CT molecular complexity index is 722. The molecule has 1 aromatic carbocycles. The maximum atomic E-state index is 12.4. The molecule has 6 heteroatoms. The van der Waals surface area contributed by atoms with Gasteiger partial charge in [-0.05, 0) is 11.5 Å². The average molecular weight is 346 g/mol. The van der Waals surface area contributed by atoms with Crippen LogP contribution >= 0.6 is 11.3 Å². The van der Waals surface area contributed by atoms with Crippen molar-refractivity contribution in [3.63, 3.8) is 0 Å². The first-order valence-electron chi connectivity index (χ1n) is 7.83. The number of rotatable bonds is 6. The molecule has 0 aliphatic heterocycles. The second-order valence-electron chi connectivity index (χ2n) is 6.24. The molecular formula is C18H22N2O3S. The van der Waals surface area contributed by atoms with Gasteiger partial charge in [-0.3, -0.25) is 9.59 Å². The molecule has 1 unspecified atom stereocenters. The first kappa shape index (κ1) is 18.1. The normalized spacial score (nSPS) is 12.2. The molecule has 0 saturated carbocycles. The minimum Gasteiger partial charge on any atom is -0.481 e. The molecule has 5 nitrogen and oxygen atoms in total. The van der Waals surface area contributed by atoms with Gasteiger partial charge in [0.2, 0.25) is 0 Å². The lowest BCUT2D eigenvalue weighted by molar-refractivity contribution is -0.141. The Morgan fingerprint density at radius 2 is 1.83 bits per heavy atom. The van der Waals surface area contributed by atoms with Gasteiger partial charge in [-0.2, -0.15) is 0 Å². The molecule has 0 bridgehead atoms. The van der Waals surface area contributed by atoms with Gasteiger partial charge in [-0.25, -0.2) is 4.98 Å². The van der Waals surface area contributed by atoms with E-state index >= 15 is 0 Å². The number of hydrogen-bond acceptors (Lipinski definition) is 4. The van der Waals surface area contributed by atoms with E-state index in [0.717, 1.165) is 10.6 Å². The lowest BCUT2D eigenvalue weighted by atomic mass is 10.0. The maximum Gasteiger partial charge on any atom is 0.308 e. The summed E-state index contributed by atoms with van der Waals surface area (Å²) in [6.45, 7) is 6.02. The molecule has 24 heavy (non-hydrogen) atoms. The zero-order chi connectivity index (χ0) is 17.9. The first-order valence-corrected chi connectivity index (χ1v) is 8.71. The average Bonchev–Trinajstić information content (AvgIpc) is 3.03. The molecule has 0 spiro atoms. The second kappa shape index (κ2) is 7.57. The second-order valence-corrected chi connectivity index (χ2v) is 7.10. The number of carbonyl (C=O) groups is 2. The molecule has 0 fully saturated rings. The fourth-order valence-corrected chi connectivity index (χ4v) is 3.08. The van der Waals surface area contributed by atoms with Gasteiger partial charge in [0.25, 0.3) is 5.91 Å². The van der Waals surface area contributed by atoms with Crippen LogP contribution < -0.4 is 0 Å². The van der Waals surface area contributed by atoms with E-state index in [9.17, 15) is 9.59 Å². The van der Waals surface area contributed by atoms with Crippen molar-refractivity contribution in [2.45, 2.75) is 26.7 Å². The summed E-state index contributed by atoms with van der Waals surface area (Å²) < 4.78 is 0. The number of carboxylic acid groups (broad SMARTS) is 1. The molecule has 0 aliphatic rings. The van der Waals surface area contributed by atoms with Gasteiger partial charge < -0.3 is 10.0 Å². The molecular weight excluding hydrogens is 324 g/mol. The minimum atomic E-state index is -0.918. The Hall–Kier alpha value is -2.21. The van der Waals surface area contributed by atoms with Crippen LogP contribution in [-0.4, -0.2) is 40.5 Å². The fraction of sp³-hybridized carbons (Fsp3) is 0.389. The van der Waals surface area contributed by atoms with Crippen LogP contribution in [-0.2, 0) is 4.79 Å². The minimum absolute atomic E-state index is 0.157. The van der Waals surface area contributed by atoms with Crippen LogP contribution in [0, 0.1) is 5.92 Å². The van der Waals surface area contributed by atoms with E-state index < -0.39 is 11.9 Å². The van der Waals surface area contributed by atoms with E-state index in [4.69, 9.17) is 5.11 Å². The van der Waals surface area contributed by atoms with Crippen LogP contribution in [0.3, 0.4) is 0 Å². The highest BCUT2D eigenvalue weighted by molar-refractivity contribution is 7.13. The van der Waals surface area contributed by atoms with Crippen molar-refractivity contribution >= 4 is 23.2 Å². The molecule has 2 rings (SSSR count). The number of aromatic nitrogens is 1. The van der Waals surface area contributed by atoms with E-state index in [1.165, 1.54) is 21.8 Å². The third kappa shape index (κ3) is 4.20. The lowest BCUT2D eigenvalue weighted by Crippen LogP contribution is -2.33. The highest BCUT2D eigenvalue weighted by atomic mass is 32.1. The van der Waals surface area contributed by atoms with Gasteiger partial charge in [-0.1, -0.05) is 45.0 Å². The van der Waals surface area contributed by atoms with E-state index in [1.54, 1.807) is 19.4 Å². The molecule has 0 saturated heterocycles. The summed E-state index contributed by atoms with van der Waals surface area (Å²) in [7, 11) is 1.60. The van der Waals surface area contributed by atoms with Crippen molar-refractivity contribution in [3.8, 4) is 10.6 Å². The molecule has 0 radical (unpaired) electrons. The number of thiazole rings is 1. The monoisotopic (exact) mass is 346 g/mol. The number of carbonyl (C=O) groups excluding carboxylic acids is 1. The van der Waals surface area contributed by atoms with E-state index in [1.807, 2.05) is 12.1 Å². The Labute approximate surface area is 146 Å². The smallest absolute Gasteiger partial charge is 0.308 e. The van der Waals surface area contributed by atoms with Crippen molar-refractivity contribution in [1.29, 1.82) is 0 Å². The standard InChI is InChI=1S/C18H22N2O3S/c1-11(2)13-5-7-14(8-6-13)16-19-15(10-24-16)17(21)20(4)9-12(3)18(22)23/h5-8,10-12H,9H2,1-4H3,(H,22,23). The lowest BCUT2D eigenvalue weighted by Gasteiger charge is -2.18. The summed E-state index contributed by atoms with van der Waals surface area (Å²) in [6.07, 6.45) is 0. The summed E-state index contributed by atoms with van der Waals surface area (Å²) in [4.78, 5) is 29.1. The molecule has 0 aliphatic carbocycles. The number of benzene rings is 1. The summed E-state index contributed by atoms with van der Waals surface area (Å²) in [6, 6.07) is 8.17. The summed E-state index contributed by atoms with van der Waals surface area (Å²) in [5, 5.41) is 11.4. The third-order valence-electron chi connectivity index (χ3n) is 3.86. The Balaban J connectivity index is 2.12. The molecule has 2 aromatic rings. The molecule has 1 atom stereocenters. The Kier molecular flexibility index (Phi) is 5.72. The summed E-state index contributed by atoms with van der Waals surface area (Å²) >= 11 is 1.41. The number of aliphatic carboxylic acids is 1. The van der Waals surface area contributed by atoms with Gasteiger partial charge in [0.05, 0.1) is 5.92 Å². The summed E-state index contributed by atoms with van der Waals surface area (Å²) in [5.41, 5.74) is 2.59. The van der Waals surface area contributed by atoms with Crippen LogP contribution in [0.2, 0.25) is 0 Å². The topological polar surface area (TPSA) is 70.5 Å². The van der Waals surface area contributed by atoms with Gasteiger partial charge in [0, 0.05) is 24.5 Å². The SMILES string of the molecule is CC(CN(C)C(=O)c1csc(-c2ccc(C(C)C)cc2)n1)C(=O)O. The molecule has 1 amide bonds. The highest BCUT2D eigenvalue weighted by Gasteiger charge is 2.20. The van der Waals surface area contributed by atoms with E-state index in [-0.39, 0.29) is 12.5 Å². The van der Waals surface area contributed by atoms with Crippen molar-refractivity contribution in [1.82, 2.24) is 9.88 Å². The number of carboxylic acids is 1. The number of nitrogens with zero attached hydrogens (tertiary/aromatic N) is 2. The van der Waals surface area contributed by atoms with Gasteiger partial charge in [0.15, 0.2) is 0 Å². The van der Waals surface area contributed by atoms with Crippen molar-refractivity contribution < 1.29 is 14.7 Å². The van der Waals surface area contributed by atoms with Crippen molar-refractivity contribution in [2.75, 3.05) is 13.6 Å². The van der Waals surface area contributed by atoms with E-state index in [0.29, 0.717) is 11.6 Å². The summed E-state index contributed by atoms with van der Waals surface area (Å²) in [5.74, 6) is -1.32. The van der Waals surface area contributed by atoms with Crippen LogP contribution in [0.25, 0.3) is 10.6 Å². The highest BCUT2D eigenvalue weighted by Crippen LogP contribution is 2.26. The quantitative estimate of drug-likeness (QED) is 0.865. The van der Waals surface area contributed by atoms with Gasteiger partial charge in [0.1, 0.15) is 10.7 Å². The zero-order valence-electron chi connectivity index (χ0n) is 14.3. The molecule has 1 N–H and O–H groups in total. The third-order valence-corrected chi connectivity index (χ3v) is 4.75. The van der Waals surface area contributed by atoms with Crippen LogP contribution in [0.4, 0.5) is 0 Å². The number of amides is 1. The van der Waals surface area contributed by atoms with Gasteiger partial charge >= 0.3 is 5.97 Å². The van der Waals surface area contributed by atoms with Crippen molar-refractivity contribution in [2.24, 2.45) is 5.92 Å². The predicted molar refractivity (Wildman–Crippen MR) is 95.4 cm³/mol. The largest absolute Gasteiger partial charge is 0.481 e. The maximum absolute atomic E-state index is 12.4. The molecule has 128 valence electrons. The van der Waals surface area contributed by atoms with Gasteiger partial charge in [-0.15, -0.1) is 11.3 Å².